The molecule has 1 aliphatic rings. The molecule has 0 radical (unpaired) electrons. The largest absolute Gasteiger partial charge is 0.480 e. The molecule has 1 aromatic carbocycles. The van der Waals surface area contributed by atoms with Crippen LogP contribution in [0.3, 0.4) is 0 Å². The second-order valence-corrected chi connectivity index (χ2v) is 4.93. The fourth-order valence-corrected chi connectivity index (χ4v) is 2.54. The van der Waals surface area contributed by atoms with Gasteiger partial charge in [-0.25, -0.2) is 0 Å². The smallest absolute Gasteiger partial charge is 0.317 e. The normalized spacial score (nSPS) is 24.9. The molecule has 2 N–H and O–H groups in total. The zero-order valence-corrected chi connectivity index (χ0v) is 10.3. The number of benzene rings is 1. The summed E-state index contributed by atoms with van der Waals surface area (Å²) in [6, 6.07) is 10.1. The summed E-state index contributed by atoms with van der Waals surface area (Å²) in [5.74, 6) is -0.596. The third kappa shape index (κ3) is 3.55. The molecule has 0 spiro atoms. The predicted octanol–water partition coefficient (Wildman–Crippen LogP) is 0.996. The topological polar surface area (TPSA) is 60.8 Å². The Kier molecular flexibility index (Phi) is 4.33. The summed E-state index contributed by atoms with van der Waals surface area (Å²) >= 11 is 0. The highest BCUT2D eigenvalue weighted by atomic mass is 16.4. The summed E-state index contributed by atoms with van der Waals surface area (Å²) in [6.45, 7) is 1.24. The van der Waals surface area contributed by atoms with Crippen molar-refractivity contribution in [3.8, 4) is 0 Å². The summed E-state index contributed by atoms with van der Waals surface area (Å²) < 4.78 is 0. The number of aliphatic hydroxyl groups is 1. The molecule has 0 aliphatic carbocycles. The standard InChI is InChI=1S/C14H19NO3/c16-13-9-15(10-14(17)18)7-6-12(13)8-11-4-2-1-3-5-11/h1-5,12-13,16H,6-10H2,(H,17,18). The summed E-state index contributed by atoms with van der Waals surface area (Å²) in [4.78, 5) is 12.4. The summed E-state index contributed by atoms with van der Waals surface area (Å²) in [5.41, 5.74) is 1.23. The van der Waals surface area contributed by atoms with Crippen LogP contribution in [0.4, 0.5) is 0 Å². The van der Waals surface area contributed by atoms with Crippen molar-refractivity contribution < 1.29 is 15.0 Å². The van der Waals surface area contributed by atoms with Gasteiger partial charge < -0.3 is 10.2 Å². The number of carboxylic acids is 1. The van der Waals surface area contributed by atoms with Gasteiger partial charge >= 0.3 is 5.97 Å². The first kappa shape index (κ1) is 13.1. The number of carbonyl (C=O) groups is 1. The molecule has 0 saturated carbocycles. The Morgan fingerprint density at radius 2 is 2.06 bits per heavy atom. The number of aliphatic hydroxyl groups excluding tert-OH is 1. The van der Waals surface area contributed by atoms with E-state index in [4.69, 9.17) is 5.11 Å². The van der Waals surface area contributed by atoms with E-state index in [9.17, 15) is 9.90 Å². The van der Waals surface area contributed by atoms with Gasteiger partial charge in [0.15, 0.2) is 0 Å². The van der Waals surface area contributed by atoms with Crippen molar-refractivity contribution in [1.29, 1.82) is 0 Å². The second-order valence-electron chi connectivity index (χ2n) is 4.93. The van der Waals surface area contributed by atoms with Gasteiger partial charge in [-0.05, 0) is 30.9 Å². The quantitative estimate of drug-likeness (QED) is 0.835. The van der Waals surface area contributed by atoms with Crippen LogP contribution in [-0.2, 0) is 11.2 Å². The van der Waals surface area contributed by atoms with E-state index in [-0.39, 0.29) is 12.5 Å². The zero-order valence-electron chi connectivity index (χ0n) is 10.3. The highest BCUT2D eigenvalue weighted by molar-refractivity contribution is 5.69. The van der Waals surface area contributed by atoms with E-state index in [0.717, 1.165) is 19.4 Å². The van der Waals surface area contributed by atoms with E-state index in [1.165, 1.54) is 5.56 Å². The Hall–Kier alpha value is -1.39. The molecule has 1 aliphatic heterocycles. The molecule has 0 bridgehead atoms. The molecule has 2 rings (SSSR count). The molecule has 1 saturated heterocycles. The number of nitrogens with zero attached hydrogens (tertiary/aromatic N) is 1. The van der Waals surface area contributed by atoms with Crippen molar-refractivity contribution in [2.45, 2.75) is 18.9 Å². The molecule has 4 heteroatoms. The number of hydrogen-bond acceptors (Lipinski definition) is 3. The fourth-order valence-electron chi connectivity index (χ4n) is 2.54. The van der Waals surface area contributed by atoms with Crippen molar-refractivity contribution in [2.24, 2.45) is 5.92 Å². The Balaban J connectivity index is 1.88. The first-order valence-corrected chi connectivity index (χ1v) is 6.31. The molecule has 1 fully saturated rings. The SMILES string of the molecule is O=C(O)CN1CCC(Cc2ccccc2)C(O)C1. The van der Waals surface area contributed by atoms with Crippen LogP contribution in [0.1, 0.15) is 12.0 Å². The van der Waals surface area contributed by atoms with Crippen LogP contribution >= 0.6 is 0 Å². The van der Waals surface area contributed by atoms with Gasteiger partial charge in [0.1, 0.15) is 0 Å². The van der Waals surface area contributed by atoms with Crippen molar-refractivity contribution in [2.75, 3.05) is 19.6 Å². The number of piperidine rings is 1. The van der Waals surface area contributed by atoms with Crippen LogP contribution in [-0.4, -0.2) is 46.8 Å². The van der Waals surface area contributed by atoms with Crippen molar-refractivity contribution in [1.82, 2.24) is 4.90 Å². The molecule has 4 nitrogen and oxygen atoms in total. The second kappa shape index (κ2) is 5.98. The molecule has 0 amide bonds. The summed E-state index contributed by atoms with van der Waals surface area (Å²) in [5, 5.41) is 18.8. The third-order valence-electron chi connectivity index (χ3n) is 3.51. The van der Waals surface area contributed by atoms with Gasteiger partial charge in [0.25, 0.3) is 0 Å². The Labute approximate surface area is 107 Å². The number of aliphatic carboxylic acids is 1. The van der Waals surface area contributed by atoms with Gasteiger partial charge in [-0.1, -0.05) is 30.3 Å². The molecular formula is C14H19NO3. The average Bonchev–Trinajstić information content (AvgIpc) is 2.33. The number of likely N-dealkylation sites (tertiary alicyclic amines) is 1. The van der Waals surface area contributed by atoms with E-state index < -0.39 is 12.1 Å². The molecule has 2 unspecified atom stereocenters. The van der Waals surface area contributed by atoms with E-state index in [1.54, 1.807) is 4.90 Å². The van der Waals surface area contributed by atoms with Crippen LogP contribution in [0.25, 0.3) is 0 Å². The lowest BCUT2D eigenvalue weighted by Crippen LogP contribution is -2.46. The van der Waals surface area contributed by atoms with Crippen LogP contribution in [0.15, 0.2) is 30.3 Å². The third-order valence-corrected chi connectivity index (χ3v) is 3.51. The highest BCUT2D eigenvalue weighted by Crippen LogP contribution is 2.22. The highest BCUT2D eigenvalue weighted by Gasteiger charge is 2.28. The minimum atomic E-state index is -0.830. The molecule has 1 aromatic rings. The first-order chi connectivity index (χ1) is 8.65. The maximum atomic E-state index is 10.6. The number of carboxylic acid groups (broad SMARTS) is 1. The van der Waals surface area contributed by atoms with Crippen molar-refractivity contribution in [3.05, 3.63) is 35.9 Å². The van der Waals surface area contributed by atoms with Crippen molar-refractivity contribution >= 4 is 5.97 Å². The number of rotatable bonds is 4. The zero-order chi connectivity index (χ0) is 13.0. The van der Waals surface area contributed by atoms with Crippen LogP contribution in [0.5, 0.6) is 0 Å². The molecule has 1 heterocycles. The van der Waals surface area contributed by atoms with Gasteiger partial charge in [0.2, 0.25) is 0 Å². The Morgan fingerprint density at radius 1 is 1.33 bits per heavy atom. The molecule has 18 heavy (non-hydrogen) atoms. The maximum Gasteiger partial charge on any atom is 0.317 e. The number of β-amino-alcohol motifs (C(OH)–C–C–N with tert-alkyl or cyclic N) is 1. The first-order valence-electron chi connectivity index (χ1n) is 6.31. The van der Waals surface area contributed by atoms with E-state index >= 15 is 0 Å². The van der Waals surface area contributed by atoms with E-state index in [2.05, 4.69) is 12.1 Å². The van der Waals surface area contributed by atoms with Gasteiger partial charge in [0.05, 0.1) is 12.6 Å². The Bertz CT molecular complexity index is 393. The predicted molar refractivity (Wildman–Crippen MR) is 68.3 cm³/mol. The average molecular weight is 249 g/mol. The van der Waals surface area contributed by atoms with E-state index in [1.807, 2.05) is 18.2 Å². The summed E-state index contributed by atoms with van der Waals surface area (Å²) in [7, 11) is 0. The minimum Gasteiger partial charge on any atom is -0.480 e. The lowest BCUT2D eigenvalue weighted by Gasteiger charge is -2.35. The summed E-state index contributed by atoms with van der Waals surface area (Å²) in [6.07, 6.45) is 1.28. The maximum absolute atomic E-state index is 10.6. The van der Waals surface area contributed by atoms with Crippen LogP contribution in [0.2, 0.25) is 0 Å². The monoisotopic (exact) mass is 249 g/mol. The fraction of sp³-hybridized carbons (Fsp3) is 0.500. The lowest BCUT2D eigenvalue weighted by molar-refractivity contribution is -0.139. The number of hydrogen-bond donors (Lipinski definition) is 2. The van der Waals surface area contributed by atoms with Crippen LogP contribution in [0, 0.1) is 5.92 Å². The van der Waals surface area contributed by atoms with Gasteiger partial charge in [0, 0.05) is 6.54 Å². The minimum absolute atomic E-state index is 0.0229. The van der Waals surface area contributed by atoms with Gasteiger partial charge in [-0.15, -0.1) is 0 Å². The lowest BCUT2D eigenvalue weighted by atomic mass is 9.88. The van der Waals surface area contributed by atoms with E-state index in [0.29, 0.717) is 6.54 Å². The molecule has 2 atom stereocenters. The van der Waals surface area contributed by atoms with Gasteiger partial charge in [-0.3, -0.25) is 9.69 Å². The molecular weight excluding hydrogens is 230 g/mol. The molecule has 98 valence electrons. The Morgan fingerprint density at radius 3 is 2.67 bits per heavy atom. The van der Waals surface area contributed by atoms with Crippen molar-refractivity contribution in [3.63, 3.8) is 0 Å². The van der Waals surface area contributed by atoms with Crippen LogP contribution < -0.4 is 0 Å². The van der Waals surface area contributed by atoms with Gasteiger partial charge in [-0.2, -0.15) is 0 Å². The molecule has 0 aromatic heterocycles.